The minimum atomic E-state index is -0.239. The van der Waals surface area contributed by atoms with Gasteiger partial charge in [0, 0.05) is 11.7 Å². The van der Waals surface area contributed by atoms with Crippen LogP contribution in [0.15, 0.2) is 65.1 Å². The molecule has 0 heterocycles. The minimum absolute atomic E-state index is 0.100. The van der Waals surface area contributed by atoms with Gasteiger partial charge in [0.05, 0.1) is 4.47 Å². The van der Waals surface area contributed by atoms with E-state index in [1.165, 1.54) is 16.8 Å². The number of rotatable bonds is 3. The van der Waals surface area contributed by atoms with Crippen molar-refractivity contribution in [3.63, 3.8) is 0 Å². The lowest BCUT2D eigenvalue weighted by molar-refractivity contribution is 0.619. The highest BCUT2D eigenvalue weighted by Gasteiger charge is 2.08. The van der Waals surface area contributed by atoms with Gasteiger partial charge in [-0.05, 0) is 63.5 Å². The first kappa shape index (κ1) is 14.1. The summed E-state index contributed by atoms with van der Waals surface area (Å²) in [6.45, 7) is 2.06. The molecule has 0 aromatic heterocycles. The van der Waals surface area contributed by atoms with Crippen LogP contribution in [0.25, 0.3) is 10.8 Å². The Labute approximate surface area is 131 Å². The zero-order valence-corrected chi connectivity index (χ0v) is 13.2. The predicted molar refractivity (Wildman–Crippen MR) is 90.1 cm³/mol. The van der Waals surface area contributed by atoms with Gasteiger partial charge in [-0.1, -0.05) is 36.4 Å². The van der Waals surface area contributed by atoms with E-state index in [0.717, 1.165) is 11.3 Å². The normalized spacial score (nSPS) is 12.3. The summed E-state index contributed by atoms with van der Waals surface area (Å²) in [5.74, 6) is -0.239. The molecule has 3 heteroatoms. The first-order chi connectivity index (χ1) is 10.1. The van der Waals surface area contributed by atoms with Crippen molar-refractivity contribution in [1.82, 2.24) is 0 Å². The molecular weight excluding hydrogens is 329 g/mol. The highest BCUT2D eigenvalue weighted by Crippen LogP contribution is 2.26. The van der Waals surface area contributed by atoms with Gasteiger partial charge in [-0.15, -0.1) is 0 Å². The van der Waals surface area contributed by atoms with E-state index in [9.17, 15) is 4.39 Å². The van der Waals surface area contributed by atoms with Gasteiger partial charge in [0.25, 0.3) is 0 Å². The lowest BCUT2D eigenvalue weighted by Crippen LogP contribution is -2.06. The third kappa shape index (κ3) is 3.08. The molecule has 3 aromatic carbocycles. The first-order valence-electron chi connectivity index (χ1n) is 6.84. The molecule has 1 unspecified atom stereocenters. The van der Waals surface area contributed by atoms with Crippen LogP contribution in [0.1, 0.15) is 18.5 Å². The summed E-state index contributed by atoms with van der Waals surface area (Å²) in [6, 6.07) is 19.8. The minimum Gasteiger partial charge on any atom is -0.379 e. The van der Waals surface area contributed by atoms with E-state index in [2.05, 4.69) is 58.5 Å². The number of fused-ring (bicyclic) bond motifs is 1. The lowest BCUT2D eigenvalue weighted by Gasteiger charge is -2.16. The van der Waals surface area contributed by atoms with E-state index in [1.807, 2.05) is 18.2 Å². The van der Waals surface area contributed by atoms with Crippen LogP contribution >= 0.6 is 15.9 Å². The van der Waals surface area contributed by atoms with Crippen LogP contribution in [0.5, 0.6) is 0 Å². The van der Waals surface area contributed by atoms with Gasteiger partial charge >= 0.3 is 0 Å². The second-order valence-electron chi connectivity index (χ2n) is 5.10. The van der Waals surface area contributed by atoms with E-state index in [4.69, 9.17) is 0 Å². The third-order valence-corrected chi connectivity index (χ3v) is 4.18. The number of hydrogen-bond donors (Lipinski definition) is 1. The van der Waals surface area contributed by atoms with Gasteiger partial charge in [-0.3, -0.25) is 0 Å². The van der Waals surface area contributed by atoms with Crippen LogP contribution in [-0.4, -0.2) is 0 Å². The van der Waals surface area contributed by atoms with Crippen molar-refractivity contribution in [2.75, 3.05) is 5.32 Å². The van der Waals surface area contributed by atoms with E-state index in [-0.39, 0.29) is 11.9 Å². The molecule has 3 rings (SSSR count). The topological polar surface area (TPSA) is 12.0 Å². The molecule has 0 spiro atoms. The van der Waals surface area contributed by atoms with Crippen LogP contribution in [-0.2, 0) is 0 Å². The first-order valence-corrected chi connectivity index (χ1v) is 7.63. The Hall–Kier alpha value is -1.87. The Morgan fingerprint density at radius 1 is 0.952 bits per heavy atom. The highest BCUT2D eigenvalue weighted by atomic mass is 79.9. The number of hydrogen-bond acceptors (Lipinski definition) is 1. The summed E-state index contributed by atoms with van der Waals surface area (Å²) >= 11 is 3.23. The van der Waals surface area contributed by atoms with E-state index < -0.39 is 0 Å². The Balaban J connectivity index is 1.85. The lowest BCUT2D eigenvalue weighted by atomic mass is 10.1. The summed E-state index contributed by atoms with van der Waals surface area (Å²) in [7, 11) is 0. The van der Waals surface area contributed by atoms with Crippen LogP contribution in [0, 0.1) is 5.82 Å². The van der Waals surface area contributed by atoms with Gasteiger partial charge in [0.1, 0.15) is 5.82 Å². The number of halogens is 2. The molecule has 0 fully saturated rings. The smallest absolute Gasteiger partial charge is 0.137 e. The second-order valence-corrected chi connectivity index (χ2v) is 5.96. The predicted octanol–water partition coefficient (Wildman–Crippen LogP) is 5.91. The van der Waals surface area contributed by atoms with Crippen molar-refractivity contribution in [2.45, 2.75) is 13.0 Å². The zero-order valence-electron chi connectivity index (χ0n) is 11.6. The molecule has 0 bridgehead atoms. The molecule has 3 aromatic rings. The number of benzene rings is 3. The van der Waals surface area contributed by atoms with Gasteiger partial charge in [0.2, 0.25) is 0 Å². The summed E-state index contributed by atoms with van der Waals surface area (Å²) in [5.41, 5.74) is 2.10. The molecule has 0 amide bonds. The maximum atomic E-state index is 13.3. The summed E-state index contributed by atoms with van der Waals surface area (Å²) in [6.07, 6.45) is 0. The Kier molecular flexibility index (Phi) is 3.93. The van der Waals surface area contributed by atoms with E-state index >= 15 is 0 Å². The zero-order chi connectivity index (χ0) is 14.8. The molecule has 0 saturated heterocycles. The molecule has 21 heavy (non-hydrogen) atoms. The Morgan fingerprint density at radius 2 is 1.71 bits per heavy atom. The number of nitrogens with one attached hydrogen (secondary N) is 1. The fourth-order valence-corrected chi connectivity index (χ4v) is 2.79. The molecular formula is C18H15BrFN. The van der Waals surface area contributed by atoms with Crippen molar-refractivity contribution in [3.8, 4) is 0 Å². The maximum Gasteiger partial charge on any atom is 0.137 e. The summed E-state index contributed by atoms with van der Waals surface area (Å²) in [5, 5.41) is 5.88. The molecule has 0 radical (unpaired) electrons. The molecule has 1 atom stereocenters. The highest BCUT2D eigenvalue weighted by molar-refractivity contribution is 9.10. The van der Waals surface area contributed by atoms with Crippen molar-refractivity contribution >= 4 is 32.4 Å². The standard InChI is InChI=1S/C18H15BrFN/c1-12(14-7-9-18(20)17(19)11-14)21-16-8-6-13-4-2-3-5-15(13)10-16/h2-12,21H,1H3. The second kappa shape index (κ2) is 5.86. The van der Waals surface area contributed by atoms with Crippen LogP contribution in [0.4, 0.5) is 10.1 Å². The van der Waals surface area contributed by atoms with E-state index in [1.54, 1.807) is 6.07 Å². The molecule has 0 saturated carbocycles. The third-order valence-electron chi connectivity index (χ3n) is 3.58. The van der Waals surface area contributed by atoms with Crippen LogP contribution < -0.4 is 5.32 Å². The number of anilines is 1. The van der Waals surface area contributed by atoms with Gasteiger partial charge < -0.3 is 5.32 Å². The Bertz CT molecular complexity index is 785. The van der Waals surface area contributed by atoms with Gasteiger partial charge in [0.15, 0.2) is 0 Å². The van der Waals surface area contributed by atoms with Gasteiger partial charge in [-0.25, -0.2) is 4.39 Å². The van der Waals surface area contributed by atoms with Crippen LogP contribution in [0.3, 0.4) is 0 Å². The monoisotopic (exact) mass is 343 g/mol. The molecule has 1 nitrogen and oxygen atoms in total. The van der Waals surface area contributed by atoms with Crippen LogP contribution in [0.2, 0.25) is 0 Å². The largest absolute Gasteiger partial charge is 0.379 e. The molecule has 106 valence electrons. The molecule has 0 aliphatic carbocycles. The summed E-state index contributed by atoms with van der Waals surface area (Å²) < 4.78 is 13.8. The van der Waals surface area contributed by atoms with Crippen molar-refractivity contribution in [1.29, 1.82) is 0 Å². The maximum absolute atomic E-state index is 13.3. The SMILES string of the molecule is CC(Nc1ccc2ccccc2c1)c1ccc(F)c(Br)c1. The average molecular weight is 344 g/mol. The molecule has 0 aliphatic rings. The molecule has 0 aliphatic heterocycles. The summed E-state index contributed by atoms with van der Waals surface area (Å²) in [4.78, 5) is 0. The molecule has 1 N–H and O–H groups in total. The van der Waals surface area contributed by atoms with Gasteiger partial charge in [-0.2, -0.15) is 0 Å². The van der Waals surface area contributed by atoms with E-state index in [0.29, 0.717) is 4.47 Å². The Morgan fingerprint density at radius 3 is 2.48 bits per heavy atom. The fourth-order valence-electron chi connectivity index (χ4n) is 2.39. The van der Waals surface area contributed by atoms with Crippen molar-refractivity contribution < 1.29 is 4.39 Å². The van der Waals surface area contributed by atoms with Crippen molar-refractivity contribution in [2.24, 2.45) is 0 Å². The fraction of sp³-hybridized carbons (Fsp3) is 0.111. The quantitative estimate of drug-likeness (QED) is 0.622. The van der Waals surface area contributed by atoms with Crippen molar-refractivity contribution in [3.05, 3.63) is 76.5 Å². The average Bonchev–Trinajstić information content (AvgIpc) is 2.50.